The van der Waals surface area contributed by atoms with Crippen LogP contribution in [0, 0.1) is 5.92 Å². The molecule has 1 rings (SSSR count). The van der Waals surface area contributed by atoms with Crippen molar-refractivity contribution >= 4 is 10.1 Å². The van der Waals surface area contributed by atoms with Crippen LogP contribution in [0.25, 0.3) is 0 Å². The van der Waals surface area contributed by atoms with E-state index in [1.54, 1.807) is 0 Å². The van der Waals surface area contributed by atoms with Crippen LogP contribution in [0.5, 0.6) is 0 Å². The van der Waals surface area contributed by atoms with Crippen LogP contribution < -0.4 is 0 Å². The molecule has 1 fully saturated rings. The van der Waals surface area contributed by atoms with Gasteiger partial charge in [-0.15, -0.1) is 0 Å². The van der Waals surface area contributed by atoms with Gasteiger partial charge in [0.15, 0.2) is 0 Å². The summed E-state index contributed by atoms with van der Waals surface area (Å²) in [5.41, 5.74) is 0. The topological polar surface area (TPSA) is 83.8 Å². The quantitative estimate of drug-likeness (QED) is 0.569. The zero-order valence-electron chi connectivity index (χ0n) is 8.47. The fourth-order valence-corrected chi connectivity index (χ4v) is 1.95. The molecule has 1 unspecified atom stereocenters. The number of aliphatic hydroxyl groups excluding tert-OH is 1. The second-order valence-electron chi connectivity index (χ2n) is 3.87. The molecule has 2 N–H and O–H groups in total. The van der Waals surface area contributed by atoms with Gasteiger partial charge in [0.2, 0.25) is 6.29 Å². The average molecular weight is 260 g/mol. The molecule has 5 nitrogen and oxygen atoms in total. The van der Waals surface area contributed by atoms with E-state index in [0.29, 0.717) is 0 Å². The number of hydrogen-bond donors (Lipinski definition) is 2. The molecule has 1 aliphatic rings. The molecule has 0 aliphatic heterocycles. The van der Waals surface area contributed by atoms with E-state index in [1.165, 1.54) is 0 Å². The molecule has 0 heterocycles. The maximum atomic E-state index is 12.8. The van der Waals surface area contributed by atoms with E-state index in [1.807, 2.05) is 0 Å². The largest absolute Gasteiger partial charge is 0.418 e. The third kappa shape index (κ3) is 3.09. The molecule has 8 heteroatoms. The summed E-state index contributed by atoms with van der Waals surface area (Å²) in [6, 6.07) is 0. The van der Waals surface area contributed by atoms with Gasteiger partial charge >= 0.3 is 15.4 Å². The molecule has 0 spiro atoms. The minimum Gasteiger partial charge on any atom is -0.362 e. The van der Waals surface area contributed by atoms with Crippen molar-refractivity contribution in [3.05, 3.63) is 0 Å². The van der Waals surface area contributed by atoms with Crippen LogP contribution in [0.4, 0.5) is 8.78 Å². The summed E-state index contributed by atoms with van der Waals surface area (Å²) in [4.78, 5) is 0. The van der Waals surface area contributed by atoms with Gasteiger partial charge in [0.25, 0.3) is 0 Å². The van der Waals surface area contributed by atoms with Crippen LogP contribution in [0.2, 0.25) is 0 Å². The van der Waals surface area contributed by atoms with Crippen LogP contribution in [-0.4, -0.2) is 36.2 Å². The van der Waals surface area contributed by atoms with E-state index in [4.69, 9.17) is 9.66 Å². The highest BCUT2D eigenvalue weighted by Crippen LogP contribution is 2.29. The first-order valence-electron chi connectivity index (χ1n) is 4.89. The molecule has 1 aliphatic carbocycles. The minimum atomic E-state index is -5.66. The number of hydrogen-bond acceptors (Lipinski definition) is 4. The predicted molar refractivity (Wildman–Crippen MR) is 50.4 cm³/mol. The second-order valence-corrected chi connectivity index (χ2v) is 5.37. The fraction of sp³-hybridized carbons (Fsp3) is 1.00. The van der Waals surface area contributed by atoms with Crippen molar-refractivity contribution in [2.75, 3.05) is 6.61 Å². The molecule has 16 heavy (non-hydrogen) atoms. The Morgan fingerprint density at radius 2 is 1.88 bits per heavy atom. The van der Waals surface area contributed by atoms with Crippen molar-refractivity contribution in [2.24, 2.45) is 5.92 Å². The third-order valence-electron chi connectivity index (χ3n) is 2.60. The summed E-state index contributed by atoms with van der Waals surface area (Å²) in [7, 11) is -5.66. The van der Waals surface area contributed by atoms with Crippen molar-refractivity contribution in [1.29, 1.82) is 0 Å². The highest BCUT2D eigenvalue weighted by molar-refractivity contribution is 7.86. The molecule has 0 aromatic carbocycles. The zero-order chi connectivity index (χ0) is 12.4. The molecule has 0 bridgehead atoms. The summed E-state index contributed by atoms with van der Waals surface area (Å²) in [6.07, 6.45) is 0.731. The Labute approximate surface area is 92.2 Å². The Kier molecular flexibility index (Phi) is 4.22. The third-order valence-corrected chi connectivity index (χ3v) is 3.49. The number of ether oxygens (including phenoxy) is 1. The lowest BCUT2D eigenvalue weighted by atomic mass is 10.1. The normalized spacial score (nSPS) is 21.2. The molecule has 1 saturated carbocycles. The van der Waals surface area contributed by atoms with Crippen LogP contribution in [0.3, 0.4) is 0 Å². The predicted octanol–water partition coefficient (Wildman–Crippen LogP) is 0.992. The van der Waals surface area contributed by atoms with Gasteiger partial charge in [-0.2, -0.15) is 17.2 Å². The number of rotatable bonds is 5. The van der Waals surface area contributed by atoms with Gasteiger partial charge in [0.1, 0.15) is 0 Å². The van der Waals surface area contributed by atoms with E-state index >= 15 is 0 Å². The Morgan fingerprint density at radius 1 is 1.38 bits per heavy atom. The molecular formula is C8H14F2O5S. The molecule has 96 valence electrons. The monoisotopic (exact) mass is 260 g/mol. The molecule has 1 atom stereocenters. The van der Waals surface area contributed by atoms with Gasteiger partial charge in [0, 0.05) is 0 Å². The smallest absolute Gasteiger partial charge is 0.362 e. The van der Waals surface area contributed by atoms with Gasteiger partial charge in [0.05, 0.1) is 6.61 Å². The first kappa shape index (κ1) is 13.8. The summed E-state index contributed by atoms with van der Waals surface area (Å²) >= 11 is 0. The number of aliphatic hydroxyl groups is 1. The summed E-state index contributed by atoms with van der Waals surface area (Å²) < 4.78 is 58.7. The number of alkyl halides is 2. The first-order chi connectivity index (χ1) is 7.25. The lowest BCUT2D eigenvalue weighted by Crippen LogP contribution is -2.43. The van der Waals surface area contributed by atoms with E-state index in [2.05, 4.69) is 4.74 Å². The Bertz CT molecular complexity index is 323. The van der Waals surface area contributed by atoms with Crippen LogP contribution >= 0.6 is 0 Å². The maximum absolute atomic E-state index is 12.8. The number of halogens is 2. The SMILES string of the molecule is O=S(=O)(O)C(F)(F)C(O)OCC1CCCC1. The van der Waals surface area contributed by atoms with Gasteiger partial charge in [-0.3, -0.25) is 4.55 Å². The lowest BCUT2D eigenvalue weighted by Gasteiger charge is -2.21. The highest BCUT2D eigenvalue weighted by Gasteiger charge is 2.52. The molecule has 0 amide bonds. The van der Waals surface area contributed by atoms with Gasteiger partial charge in [-0.05, 0) is 18.8 Å². The minimum absolute atomic E-state index is 0.0619. The Hall–Kier alpha value is -0.310. The van der Waals surface area contributed by atoms with E-state index in [0.717, 1.165) is 25.7 Å². The van der Waals surface area contributed by atoms with Crippen molar-refractivity contribution in [2.45, 2.75) is 37.2 Å². The van der Waals surface area contributed by atoms with Crippen molar-refractivity contribution in [1.82, 2.24) is 0 Å². The average Bonchev–Trinajstić information content (AvgIpc) is 2.64. The summed E-state index contributed by atoms with van der Waals surface area (Å²) in [5, 5.41) is 4.17. The molecule has 0 saturated heterocycles. The zero-order valence-corrected chi connectivity index (χ0v) is 9.29. The van der Waals surface area contributed by atoms with Crippen molar-refractivity contribution in [3.8, 4) is 0 Å². The van der Waals surface area contributed by atoms with E-state index < -0.39 is 21.7 Å². The maximum Gasteiger partial charge on any atom is 0.418 e. The van der Waals surface area contributed by atoms with Crippen molar-refractivity contribution in [3.63, 3.8) is 0 Å². The van der Waals surface area contributed by atoms with Gasteiger partial charge in [-0.1, -0.05) is 12.8 Å². The second kappa shape index (κ2) is 4.91. The van der Waals surface area contributed by atoms with Gasteiger partial charge in [-0.25, -0.2) is 0 Å². The van der Waals surface area contributed by atoms with E-state index in [-0.39, 0.29) is 12.5 Å². The van der Waals surface area contributed by atoms with E-state index in [9.17, 15) is 17.2 Å². The molecular weight excluding hydrogens is 246 g/mol. The molecule has 0 aromatic rings. The van der Waals surface area contributed by atoms with Gasteiger partial charge < -0.3 is 9.84 Å². The highest BCUT2D eigenvalue weighted by atomic mass is 32.2. The van der Waals surface area contributed by atoms with Crippen LogP contribution in [0.15, 0.2) is 0 Å². The molecule has 0 radical (unpaired) electrons. The Morgan fingerprint density at radius 3 is 2.31 bits per heavy atom. The Balaban J connectivity index is 2.48. The molecule has 0 aromatic heterocycles. The van der Waals surface area contributed by atoms with Crippen LogP contribution in [-0.2, 0) is 14.9 Å². The first-order valence-corrected chi connectivity index (χ1v) is 6.33. The summed E-state index contributed by atoms with van der Waals surface area (Å²) in [5.74, 6) is 0.0619. The standard InChI is InChI=1S/C8H14F2O5S/c9-8(10,16(12,13)14)7(11)15-5-6-3-1-2-4-6/h6-7,11H,1-5H2,(H,12,13,14). The van der Waals surface area contributed by atoms with Crippen molar-refractivity contribution < 1.29 is 31.6 Å². The lowest BCUT2D eigenvalue weighted by molar-refractivity contribution is -0.202. The van der Waals surface area contributed by atoms with Crippen LogP contribution in [0.1, 0.15) is 25.7 Å². The summed E-state index contributed by atoms with van der Waals surface area (Å²) in [6.45, 7) is -0.133. The fourth-order valence-electron chi connectivity index (χ4n) is 1.63.